The topological polar surface area (TPSA) is 96.5 Å². The van der Waals surface area contributed by atoms with Crippen molar-refractivity contribution in [3.8, 4) is 16.9 Å². The van der Waals surface area contributed by atoms with Gasteiger partial charge in [-0.2, -0.15) is 0 Å². The number of imide groups is 1. The molecule has 0 aromatic heterocycles. The van der Waals surface area contributed by atoms with Crippen LogP contribution in [0.4, 0.5) is 18.0 Å². The van der Waals surface area contributed by atoms with Crippen molar-refractivity contribution in [1.29, 1.82) is 0 Å². The van der Waals surface area contributed by atoms with E-state index < -0.39 is 29.7 Å². The normalized spacial score (nSPS) is 19.2. The van der Waals surface area contributed by atoms with Gasteiger partial charge in [0, 0.05) is 6.54 Å². The summed E-state index contributed by atoms with van der Waals surface area (Å²) in [6.07, 6.45) is -5.02. The number of hydrogen-bond acceptors (Lipinski definition) is 4. The zero-order chi connectivity index (χ0) is 23.5. The van der Waals surface area contributed by atoms with Crippen LogP contribution in [-0.2, 0) is 9.59 Å². The lowest BCUT2D eigenvalue weighted by molar-refractivity contribution is -0.274. The molecule has 2 atom stereocenters. The third-order valence-corrected chi connectivity index (χ3v) is 5.11. The zero-order valence-corrected chi connectivity index (χ0v) is 17.4. The van der Waals surface area contributed by atoms with Crippen molar-refractivity contribution < 1.29 is 32.3 Å². The van der Waals surface area contributed by atoms with Gasteiger partial charge in [-0.25, -0.2) is 4.79 Å². The Morgan fingerprint density at radius 2 is 1.88 bits per heavy atom. The Kier molecular flexibility index (Phi) is 6.42. The summed E-state index contributed by atoms with van der Waals surface area (Å²) in [6.45, 7) is 3.54. The Morgan fingerprint density at radius 3 is 2.53 bits per heavy atom. The molecule has 0 spiro atoms. The van der Waals surface area contributed by atoms with Gasteiger partial charge in [-0.05, 0) is 41.7 Å². The highest BCUT2D eigenvalue weighted by Gasteiger charge is 2.43. The van der Waals surface area contributed by atoms with E-state index in [0.717, 1.165) is 5.56 Å². The molecule has 7 nitrogen and oxygen atoms in total. The summed E-state index contributed by atoms with van der Waals surface area (Å²) in [5.74, 6) is -1.51. The molecular formula is C22H22F3N3O4. The highest BCUT2D eigenvalue weighted by Crippen LogP contribution is 2.32. The van der Waals surface area contributed by atoms with E-state index >= 15 is 0 Å². The Balaban J connectivity index is 1.70. The molecule has 3 rings (SSSR count). The molecular weight excluding hydrogens is 427 g/mol. The molecule has 1 saturated heterocycles. The van der Waals surface area contributed by atoms with E-state index in [1.165, 1.54) is 25.1 Å². The molecule has 1 aliphatic heterocycles. The number of benzene rings is 2. The lowest BCUT2D eigenvalue weighted by Crippen LogP contribution is -2.47. The molecule has 10 heteroatoms. The fourth-order valence-corrected chi connectivity index (χ4v) is 3.51. The van der Waals surface area contributed by atoms with Gasteiger partial charge in [0.05, 0.1) is 6.42 Å². The van der Waals surface area contributed by atoms with Gasteiger partial charge in [0.15, 0.2) is 0 Å². The first-order valence-electron chi connectivity index (χ1n) is 9.82. The van der Waals surface area contributed by atoms with Crippen LogP contribution in [0, 0.1) is 0 Å². The van der Waals surface area contributed by atoms with Crippen molar-refractivity contribution in [2.45, 2.75) is 38.1 Å². The average molecular weight is 449 g/mol. The number of carbonyl (C=O) groups excluding carboxylic acids is 3. The van der Waals surface area contributed by atoms with E-state index in [0.29, 0.717) is 11.1 Å². The molecule has 2 unspecified atom stereocenters. The van der Waals surface area contributed by atoms with Crippen LogP contribution in [0.3, 0.4) is 0 Å². The van der Waals surface area contributed by atoms with Crippen LogP contribution in [0.15, 0.2) is 48.5 Å². The lowest BCUT2D eigenvalue weighted by Gasteiger charge is -2.21. The van der Waals surface area contributed by atoms with E-state index in [9.17, 15) is 27.6 Å². The summed E-state index contributed by atoms with van der Waals surface area (Å²) >= 11 is 0. The highest BCUT2D eigenvalue weighted by atomic mass is 19.4. The van der Waals surface area contributed by atoms with Crippen LogP contribution in [0.1, 0.15) is 31.7 Å². The Labute approximate surface area is 182 Å². The van der Waals surface area contributed by atoms with Crippen molar-refractivity contribution >= 4 is 17.8 Å². The Hall–Kier alpha value is -3.56. The first-order chi connectivity index (χ1) is 15.0. The van der Waals surface area contributed by atoms with Gasteiger partial charge in [0.2, 0.25) is 5.91 Å². The molecule has 0 aliphatic carbocycles. The lowest BCUT2D eigenvalue weighted by atomic mass is 9.91. The molecule has 2 aromatic rings. The first kappa shape index (κ1) is 23.1. The second kappa shape index (κ2) is 8.89. The van der Waals surface area contributed by atoms with E-state index in [4.69, 9.17) is 0 Å². The van der Waals surface area contributed by atoms with Gasteiger partial charge in [-0.1, -0.05) is 43.3 Å². The maximum atomic E-state index is 12.6. The van der Waals surface area contributed by atoms with Gasteiger partial charge < -0.3 is 15.4 Å². The monoisotopic (exact) mass is 449 g/mol. The van der Waals surface area contributed by atoms with Crippen molar-refractivity contribution in [3.05, 3.63) is 54.1 Å². The number of ether oxygens (including phenoxy) is 1. The largest absolute Gasteiger partial charge is 0.573 e. The van der Waals surface area contributed by atoms with Crippen LogP contribution in [0.25, 0.3) is 11.1 Å². The number of hydrogen-bond donors (Lipinski definition) is 3. The summed E-state index contributed by atoms with van der Waals surface area (Å²) in [6, 6.07) is 12.2. The fourth-order valence-electron chi connectivity index (χ4n) is 3.51. The predicted octanol–water partition coefficient (Wildman–Crippen LogP) is 3.46. The molecule has 1 heterocycles. The summed E-state index contributed by atoms with van der Waals surface area (Å²) < 4.78 is 41.7. The molecule has 3 N–H and O–H groups in total. The van der Waals surface area contributed by atoms with Crippen molar-refractivity contribution in [1.82, 2.24) is 16.0 Å². The number of nitrogens with one attached hydrogen (secondary N) is 3. The summed E-state index contributed by atoms with van der Waals surface area (Å²) in [7, 11) is 0. The van der Waals surface area contributed by atoms with Gasteiger partial charge in [0.25, 0.3) is 5.91 Å². The minimum Gasteiger partial charge on any atom is -0.406 e. The predicted molar refractivity (Wildman–Crippen MR) is 110 cm³/mol. The van der Waals surface area contributed by atoms with Gasteiger partial charge in [-0.3, -0.25) is 14.9 Å². The second-order valence-electron chi connectivity index (χ2n) is 7.79. The zero-order valence-electron chi connectivity index (χ0n) is 17.4. The molecule has 0 radical (unpaired) electrons. The summed E-state index contributed by atoms with van der Waals surface area (Å²) in [5, 5.41) is 7.27. The maximum absolute atomic E-state index is 12.6. The number of amides is 4. The number of rotatable bonds is 7. The second-order valence-corrected chi connectivity index (χ2v) is 7.79. The SMILES string of the molecule is CC(CNC(=O)CC1(C)NC(=O)NC1=O)c1ccccc1-c1cccc(OC(F)(F)F)c1. The van der Waals surface area contributed by atoms with Gasteiger partial charge in [-0.15, -0.1) is 13.2 Å². The molecule has 0 bridgehead atoms. The van der Waals surface area contributed by atoms with E-state index in [-0.39, 0.29) is 24.6 Å². The van der Waals surface area contributed by atoms with Crippen molar-refractivity contribution in [3.63, 3.8) is 0 Å². The van der Waals surface area contributed by atoms with Crippen molar-refractivity contribution in [2.75, 3.05) is 6.54 Å². The molecule has 1 fully saturated rings. The molecule has 4 amide bonds. The fraction of sp³-hybridized carbons (Fsp3) is 0.318. The quantitative estimate of drug-likeness (QED) is 0.564. The molecule has 1 aliphatic rings. The van der Waals surface area contributed by atoms with Gasteiger partial charge in [0.1, 0.15) is 11.3 Å². The number of alkyl halides is 3. The van der Waals surface area contributed by atoms with Crippen LogP contribution in [0.2, 0.25) is 0 Å². The van der Waals surface area contributed by atoms with Gasteiger partial charge >= 0.3 is 12.4 Å². The first-order valence-corrected chi connectivity index (χ1v) is 9.82. The third kappa shape index (κ3) is 5.57. The summed E-state index contributed by atoms with van der Waals surface area (Å²) in [4.78, 5) is 35.5. The standard InChI is InChI=1S/C22H22F3N3O4/c1-13(12-26-18(29)11-21(2)19(30)27-20(31)28-21)16-8-3-4-9-17(16)14-6-5-7-15(10-14)32-22(23,24)25/h3-10,13H,11-12H2,1-2H3,(H,26,29)(H2,27,28,30,31). The molecule has 32 heavy (non-hydrogen) atoms. The van der Waals surface area contributed by atoms with Crippen LogP contribution >= 0.6 is 0 Å². The van der Waals surface area contributed by atoms with E-state index in [1.807, 2.05) is 13.0 Å². The molecule has 0 saturated carbocycles. The Morgan fingerprint density at radius 1 is 1.16 bits per heavy atom. The molecule has 170 valence electrons. The molecule has 2 aromatic carbocycles. The summed E-state index contributed by atoms with van der Waals surface area (Å²) in [5.41, 5.74) is 0.742. The van der Waals surface area contributed by atoms with Crippen LogP contribution in [-0.4, -0.2) is 36.3 Å². The maximum Gasteiger partial charge on any atom is 0.573 e. The smallest absolute Gasteiger partial charge is 0.406 e. The Bertz CT molecular complexity index is 1040. The number of carbonyl (C=O) groups is 3. The van der Waals surface area contributed by atoms with Crippen molar-refractivity contribution in [2.24, 2.45) is 0 Å². The highest BCUT2D eigenvalue weighted by molar-refractivity contribution is 6.08. The van der Waals surface area contributed by atoms with E-state index in [1.54, 1.807) is 24.3 Å². The number of urea groups is 1. The van der Waals surface area contributed by atoms with Crippen LogP contribution in [0.5, 0.6) is 5.75 Å². The number of halogens is 3. The van der Waals surface area contributed by atoms with Crippen LogP contribution < -0.4 is 20.7 Å². The minimum absolute atomic E-state index is 0.192. The average Bonchev–Trinajstić information content (AvgIpc) is 2.96. The minimum atomic E-state index is -4.79. The van der Waals surface area contributed by atoms with E-state index in [2.05, 4.69) is 20.7 Å². The third-order valence-electron chi connectivity index (χ3n) is 5.11.